The molecular weight excluding hydrogens is 374 g/mol. The number of rotatable bonds is 4. The summed E-state index contributed by atoms with van der Waals surface area (Å²) in [4.78, 5) is 5.66. The molecular formula is C21H15N3O3S. The summed E-state index contributed by atoms with van der Waals surface area (Å²) in [5.74, 6) is 2.26. The standard InChI is InChI=1S/C21H15N3O3S/c1-25-15-5-2-13(3-6-15)20-16(8-9-22)24-17(11-28-21(24)23-20)14-4-7-18-19(10-14)27-12-26-18/h2-7,10-11H,8,12H2,1H3. The van der Waals surface area contributed by atoms with Crippen molar-refractivity contribution < 1.29 is 14.2 Å². The molecule has 0 radical (unpaired) electrons. The second kappa shape index (κ2) is 6.59. The first-order chi connectivity index (χ1) is 13.8. The van der Waals surface area contributed by atoms with Crippen LogP contribution >= 0.6 is 11.3 Å². The summed E-state index contributed by atoms with van der Waals surface area (Å²) in [6.45, 7) is 0.240. The summed E-state index contributed by atoms with van der Waals surface area (Å²) in [7, 11) is 1.64. The molecule has 0 aliphatic carbocycles. The molecule has 1 aliphatic heterocycles. The maximum atomic E-state index is 9.43. The Kier molecular flexibility index (Phi) is 3.92. The fraction of sp³-hybridized carbons (Fsp3) is 0.143. The predicted octanol–water partition coefficient (Wildman–Crippen LogP) is 4.53. The van der Waals surface area contributed by atoms with E-state index in [1.54, 1.807) is 18.4 Å². The highest BCUT2D eigenvalue weighted by Crippen LogP contribution is 2.38. The monoisotopic (exact) mass is 389 g/mol. The predicted molar refractivity (Wildman–Crippen MR) is 106 cm³/mol. The van der Waals surface area contributed by atoms with E-state index in [4.69, 9.17) is 19.2 Å². The van der Waals surface area contributed by atoms with Crippen molar-refractivity contribution in [1.29, 1.82) is 5.26 Å². The van der Waals surface area contributed by atoms with Crippen LogP contribution in [0.5, 0.6) is 17.2 Å². The molecule has 4 aromatic rings. The lowest BCUT2D eigenvalue weighted by Gasteiger charge is -2.06. The molecule has 0 N–H and O–H groups in total. The number of aromatic nitrogens is 2. The van der Waals surface area contributed by atoms with Crippen molar-refractivity contribution in [2.45, 2.75) is 6.42 Å². The number of thiazole rings is 1. The van der Waals surface area contributed by atoms with Crippen molar-refractivity contribution in [2.24, 2.45) is 0 Å². The Labute approximate surface area is 165 Å². The van der Waals surface area contributed by atoms with Gasteiger partial charge in [-0.2, -0.15) is 5.26 Å². The number of ether oxygens (including phenoxy) is 3. The Balaban J connectivity index is 1.68. The van der Waals surface area contributed by atoms with Gasteiger partial charge in [-0.3, -0.25) is 4.40 Å². The van der Waals surface area contributed by atoms with Gasteiger partial charge in [0.15, 0.2) is 16.5 Å². The summed E-state index contributed by atoms with van der Waals surface area (Å²) in [6.07, 6.45) is 0.261. The van der Waals surface area contributed by atoms with Gasteiger partial charge >= 0.3 is 0 Å². The van der Waals surface area contributed by atoms with Crippen molar-refractivity contribution in [3.05, 3.63) is 53.5 Å². The van der Waals surface area contributed by atoms with Gasteiger partial charge in [-0.15, -0.1) is 11.3 Å². The van der Waals surface area contributed by atoms with Crippen LogP contribution in [0, 0.1) is 11.3 Å². The van der Waals surface area contributed by atoms with Crippen LogP contribution in [0.3, 0.4) is 0 Å². The molecule has 138 valence electrons. The van der Waals surface area contributed by atoms with Gasteiger partial charge in [0.25, 0.3) is 0 Å². The average Bonchev–Trinajstić information content (AvgIpc) is 3.43. The first-order valence-corrected chi connectivity index (χ1v) is 9.56. The number of nitriles is 1. The first kappa shape index (κ1) is 16.7. The van der Waals surface area contributed by atoms with E-state index in [-0.39, 0.29) is 13.2 Å². The van der Waals surface area contributed by atoms with Crippen LogP contribution in [-0.4, -0.2) is 23.3 Å². The van der Waals surface area contributed by atoms with Crippen LogP contribution in [-0.2, 0) is 6.42 Å². The third-order valence-corrected chi connectivity index (χ3v) is 5.56. The molecule has 2 aromatic heterocycles. The van der Waals surface area contributed by atoms with E-state index in [2.05, 4.69) is 15.8 Å². The Hall–Kier alpha value is -3.50. The Bertz CT molecular complexity index is 1220. The molecule has 6 nitrogen and oxygen atoms in total. The van der Waals surface area contributed by atoms with E-state index in [1.807, 2.05) is 42.5 Å². The molecule has 1 aliphatic rings. The second-order valence-electron chi connectivity index (χ2n) is 6.28. The lowest BCUT2D eigenvalue weighted by molar-refractivity contribution is 0.174. The van der Waals surface area contributed by atoms with E-state index >= 15 is 0 Å². The van der Waals surface area contributed by atoms with Crippen molar-refractivity contribution >= 4 is 16.3 Å². The van der Waals surface area contributed by atoms with E-state index in [1.165, 1.54) is 0 Å². The van der Waals surface area contributed by atoms with Crippen LogP contribution in [0.1, 0.15) is 5.69 Å². The van der Waals surface area contributed by atoms with Gasteiger partial charge in [0.1, 0.15) is 5.75 Å². The fourth-order valence-corrected chi connectivity index (χ4v) is 4.31. The van der Waals surface area contributed by atoms with Crippen molar-refractivity contribution in [1.82, 2.24) is 9.38 Å². The van der Waals surface area contributed by atoms with E-state index < -0.39 is 0 Å². The zero-order valence-corrected chi connectivity index (χ0v) is 15.8. The van der Waals surface area contributed by atoms with Crippen molar-refractivity contribution in [3.8, 4) is 45.8 Å². The molecule has 0 unspecified atom stereocenters. The average molecular weight is 389 g/mol. The number of nitrogens with zero attached hydrogens (tertiary/aromatic N) is 3. The molecule has 0 saturated carbocycles. The summed E-state index contributed by atoms with van der Waals surface area (Å²) in [6, 6.07) is 15.9. The molecule has 0 saturated heterocycles. The molecule has 0 spiro atoms. The van der Waals surface area contributed by atoms with Crippen LogP contribution < -0.4 is 14.2 Å². The largest absolute Gasteiger partial charge is 0.497 e. The maximum Gasteiger partial charge on any atom is 0.231 e. The first-order valence-electron chi connectivity index (χ1n) is 8.68. The summed E-state index contributed by atoms with van der Waals surface area (Å²) in [5, 5.41) is 11.5. The van der Waals surface area contributed by atoms with E-state index in [9.17, 15) is 5.26 Å². The van der Waals surface area contributed by atoms with Gasteiger partial charge in [0, 0.05) is 16.5 Å². The highest BCUT2D eigenvalue weighted by atomic mass is 32.1. The Morgan fingerprint density at radius 1 is 1.14 bits per heavy atom. The zero-order valence-electron chi connectivity index (χ0n) is 15.0. The third kappa shape index (κ3) is 2.58. The Morgan fingerprint density at radius 2 is 1.93 bits per heavy atom. The third-order valence-electron chi connectivity index (χ3n) is 4.74. The molecule has 3 heterocycles. The Morgan fingerprint density at radius 3 is 2.71 bits per heavy atom. The lowest BCUT2D eigenvalue weighted by atomic mass is 10.1. The quantitative estimate of drug-likeness (QED) is 0.513. The summed E-state index contributed by atoms with van der Waals surface area (Å²) in [5.41, 5.74) is 4.62. The maximum absolute atomic E-state index is 9.43. The molecule has 0 bridgehead atoms. The summed E-state index contributed by atoms with van der Waals surface area (Å²) < 4.78 is 18.2. The van der Waals surface area contributed by atoms with E-state index in [0.717, 1.165) is 50.4 Å². The summed E-state index contributed by atoms with van der Waals surface area (Å²) >= 11 is 1.55. The topological polar surface area (TPSA) is 68.8 Å². The molecule has 0 fully saturated rings. The second-order valence-corrected chi connectivity index (χ2v) is 7.11. The minimum Gasteiger partial charge on any atom is -0.497 e. The molecule has 5 rings (SSSR count). The lowest BCUT2D eigenvalue weighted by Crippen LogP contribution is -1.95. The highest BCUT2D eigenvalue weighted by molar-refractivity contribution is 7.15. The SMILES string of the molecule is COc1ccc(-c2nc3scc(-c4ccc5c(c4)OCO5)n3c2CC#N)cc1. The number of benzene rings is 2. The number of hydrogen-bond acceptors (Lipinski definition) is 6. The van der Waals surface area contributed by atoms with Gasteiger partial charge in [0.05, 0.1) is 36.7 Å². The number of fused-ring (bicyclic) bond motifs is 2. The van der Waals surface area contributed by atoms with Crippen LogP contribution in [0.15, 0.2) is 47.8 Å². The number of hydrogen-bond donors (Lipinski definition) is 0. The van der Waals surface area contributed by atoms with Crippen LogP contribution in [0.4, 0.5) is 0 Å². The molecule has 2 aromatic carbocycles. The van der Waals surface area contributed by atoms with Gasteiger partial charge in [-0.1, -0.05) is 0 Å². The van der Waals surface area contributed by atoms with Crippen LogP contribution in [0.2, 0.25) is 0 Å². The van der Waals surface area contributed by atoms with Gasteiger partial charge in [-0.05, 0) is 42.5 Å². The van der Waals surface area contributed by atoms with Gasteiger partial charge in [-0.25, -0.2) is 4.98 Å². The molecule has 7 heteroatoms. The van der Waals surface area contributed by atoms with Crippen molar-refractivity contribution in [3.63, 3.8) is 0 Å². The number of imidazole rings is 1. The molecule has 0 atom stereocenters. The highest BCUT2D eigenvalue weighted by Gasteiger charge is 2.20. The fourth-order valence-electron chi connectivity index (χ4n) is 3.39. The number of methoxy groups -OCH3 is 1. The van der Waals surface area contributed by atoms with Gasteiger partial charge in [0.2, 0.25) is 6.79 Å². The zero-order chi connectivity index (χ0) is 19.1. The van der Waals surface area contributed by atoms with Crippen LogP contribution in [0.25, 0.3) is 27.5 Å². The van der Waals surface area contributed by atoms with Gasteiger partial charge < -0.3 is 14.2 Å². The normalized spacial score (nSPS) is 12.3. The molecule has 28 heavy (non-hydrogen) atoms. The minimum absolute atomic E-state index is 0.240. The van der Waals surface area contributed by atoms with Crippen molar-refractivity contribution in [2.75, 3.05) is 13.9 Å². The van der Waals surface area contributed by atoms with E-state index in [0.29, 0.717) is 0 Å². The minimum atomic E-state index is 0.240. The smallest absolute Gasteiger partial charge is 0.231 e. The molecule has 0 amide bonds.